The minimum atomic E-state index is -3.92. The van der Waals surface area contributed by atoms with Gasteiger partial charge < -0.3 is 21.5 Å². The number of fused-ring (bicyclic) bond motifs is 1. The van der Waals surface area contributed by atoms with Crippen LogP contribution in [0.4, 0.5) is 5.69 Å². The molecular weight excluding hydrogens is 536 g/mol. The van der Waals surface area contributed by atoms with E-state index in [1.54, 1.807) is 12.1 Å². The minimum Gasteiger partial charge on any atom is -0.398 e. The Labute approximate surface area is 233 Å². The number of nitrogen functional groups attached to an aromatic ring is 1. The molecule has 4 rings (SSSR count). The average Bonchev–Trinajstić information content (AvgIpc) is 3.37. The van der Waals surface area contributed by atoms with Gasteiger partial charge in [-0.15, -0.1) is 11.3 Å². The van der Waals surface area contributed by atoms with Crippen molar-refractivity contribution in [3.8, 4) is 0 Å². The van der Waals surface area contributed by atoms with Crippen molar-refractivity contribution in [3.63, 3.8) is 0 Å². The lowest BCUT2D eigenvalue weighted by molar-refractivity contribution is -0.124. The fraction of sp³-hybridized carbons (Fsp3) is 0.429. The first kappa shape index (κ1) is 29.0. The third kappa shape index (κ3) is 7.36. The Morgan fingerprint density at radius 2 is 1.79 bits per heavy atom. The van der Waals surface area contributed by atoms with Gasteiger partial charge in [0.2, 0.25) is 15.9 Å². The number of anilines is 1. The molecule has 210 valence electrons. The number of carbonyl (C=O) groups excluding carboxylic acids is 2. The summed E-state index contributed by atoms with van der Waals surface area (Å²) in [6, 6.07) is 14.9. The number of rotatable bonds is 11. The highest BCUT2D eigenvalue weighted by molar-refractivity contribution is 7.89. The zero-order valence-electron chi connectivity index (χ0n) is 22.0. The summed E-state index contributed by atoms with van der Waals surface area (Å²) in [7, 11) is -2.57. The molecule has 0 radical (unpaired) electrons. The van der Waals surface area contributed by atoms with E-state index >= 15 is 0 Å². The van der Waals surface area contributed by atoms with Gasteiger partial charge in [0.25, 0.3) is 5.91 Å². The lowest BCUT2D eigenvalue weighted by Crippen LogP contribution is -2.50. The van der Waals surface area contributed by atoms with E-state index < -0.39 is 28.1 Å². The van der Waals surface area contributed by atoms with E-state index in [1.165, 1.54) is 36.9 Å². The zero-order chi connectivity index (χ0) is 28.0. The predicted octanol–water partition coefficient (Wildman–Crippen LogP) is 3.35. The first-order valence-electron chi connectivity index (χ1n) is 13.2. The molecule has 0 spiro atoms. The van der Waals surface area contributed by atoms with Crippen LogP contribution in [0.5, 0.6) is 0 Å². The maximum absolute atomic E-state index is 13.2. The molecule has 0 bridgehead atoms. The van der Waals surface area contributed by atoms with Crippen LogP contribution in [-0.2, 0) is 14.8 Å². The molecule has 11 heteroatoms. The predicted molar refractivity (Wildman–Crippen MR) is 154 cm³/mol. The van der Waals surface area contributed by atoms with E-state index in [0.717, 1.165) is 40.1 Å². The van der Waals surface area contributed by atoms with Crippen molar-refractivity contribution in [1.82, 2.24) is 14.9 Å². The molecule has 0 unspecified atom stereocenters. The number of amides is 2. The number of carbonyl (C=O) groups is 2. The molecule has 9 nitrogen and oxygen atoms in total. The fourth-order valence-electron chi connectivity index (χ4n) is 5.00. The number of aliphatic hydroxyl groups excluding tert-OH is 1. The SMILES string of the molecule is CN(C[C@H](O)CNC(=O)[C@H](CC1CCCCC1)NC(=O)c1cc2ccccc2s1)S(=O)(=O)c1ccccc1N. The van der Waals surface area contributed by atoms with Gasteiger partial charge in [0.1, 0.15) is 10.9 Å². The number of nitrogens with two attached hydrogens (primary N) is 1. The van der Waals surface area contributed by atoms with E-state index in [-0.39, 0.29) is 29.6 Å². The minimum absolute atomic E-state index is 0.0415. The summed E-state index contributed by atoms with van der Waals surface area (Å²) in [4.78, 5) is 26.8. The van der Waals surface area contributed by atoms with Gasteiger partial charge in [-0.05, 0) is 42.0 Å². The highest BCUT2D eigenvalue weighted by Gasteiger charge is 2.29. The summed E-state index contributed by atoms with van der Waals surface area (Å²) in [5.74, 6) is -0.374. The number of aliphatic hydroxyl groups is 1. The highest BCUT2D eigenvalue weighted by Crippen LogP contribution is 2.29. The van der Waals surface area contributed by atoms with Gasteiger partial charge in [0.15, 0.2) is 0 Å². The van der Waals surface area contributed by atoms with Gasteiger partial charge in [0, 0.05) is 24.8 Å². The number of benzene rings is 2. The van der Waals surface area contributed by atoms with Crippen LogP contribution < -0.4 is 16.4 Å². The largest absolute Gasteiger partial charge is 0.398 e. The molecule has 0 aliphatic heterocycles. The van der Waals surface area contributed by atoms with Crippen LogP contribution in [0, 0.1) is 5.92 Å². The number of likely N-dealkylation sites (N-methyl/N-ethyl adjacent to an activating group) is 1. The molecular formula is C28H36N4O5S2. The normalized spacial score (nSPS) is 16.2. The molecule has 1 aliphatic rings. The van der Waals surface area contributed by atoms with E-state index in [0.29, 0.717) is 17.2 Å². The fourth-order valence-corrected chi connectivity index (χ4v) is 7.28. The second kappa shape index (κ2) is 12.9. The lowest BCUT2D eigenvalue weighted by atomic mass is 9.84. The molecule has 2 amide bonds. The second-order valence-electron chi connectivity index (χ2n) is 10.1. The third-order valence-electron chi connectivity index (χ3n) is 7.15. The van der Waals surface area contributed by atoms with Crippen LogP contribution in [0.1, 0.15) is 48.2 Å². The van der Waals surface area contributed by atoms with Crippen molar-refractivity contribution in [3.05, 3.63) is 59.5 Å². The summed E-state index contributed by atoms with van der Waals surface area (Å²) in [6.45, 7) is -0.402. The van der Waals surface area contributed by atoms with Crippen molar-refractivity contribution < 1.29 is 23.1 Å². The Balaban J connectivity index is 1.38. The maximum atomic E-state index is 13.2. The van der Waals surface area contributed by atoms with Crippen molar-refractivity contribution in [2.75, 3.05) is 25.9 Å². The van der Waals surface area contributed by atoms with Crippen molar-refractivity contribution in [2.45, 2.75) is 55.6 Å². The van der Waals surface area contributed by atoms with Crippen molar-refractivity contribution in [1.29, 1.82) is 0 Å². The number of thiophene rings is 1. The van der Waals surface area contributed by atoms with Gasteiger partial charge in [-0.25, -0.2) is 8.42 Å². The molecule has 1 saturated carbocycles. The van der Waals surface area contributed by atoms with Crippen molar-refractivity contribution in [2.24, 2.45) is 5.92 Å². The Bertz CT molecular complexity index is 1370. The van der Waals surface area contributed by atoms with E-state index in [2.05, 4.69) is 10.6 Å². The van der Waals surface area contributed by atoms with Gasteiger partial charge >= 0.3 is 0 Å². The summed E-state index contributed by atoms with van der Waals surface area (Å²) >= 11 is 1.38. The van der Waals surface area contributed by atoms with Crippen LogP contribution in [0.2, 0.25) is 0 Å². The molecule has 1 aliphatic carbocycles. The highest BCUT2D eigenvalue weighted by atomic mass is 32.2. The zero-order valence-corrected chi connectivity index (χ0v) is 23.6. The number of hydrogen-bond donors (Lipinski definition) is 4. The summed E-state index contributed by atoms with van der Waals surface area (Å²) < 4.78 is 27.8. The molecule has 1 fully saturated rings. The molecule has 0 saturated heterocycles. The Hall–Kier alpha value is -2.99. The maximum Gasteiger partial charge on any atom is 0.262 e. The first-order chi connectivity index (χ1) is 18.6. The standard InChI is InChI=1S/C28H36N4O5S2/c1-32(39(36,37)26-14-8-6-12-22(26)29)18-21(33)17-30-27(34)23(15-19-9-3-2-4-10-19)31-28(35)25-16-20-11-5-7-13-24(20)38-25/h5-8,11-14,16,19,21,23,33H,2-4,9-10,15,17-18,29H2,1H3,(H,30,34)(H,31,35)/t21-,23+/m1/s1. The molecule has 1 aromatic heterocycles. The van der Waals surface area contributed by atoms with Gasteiger partial charge in [-0.3, -0.25) is 9.59 Å². The number of nitrogens with zero attached hydrogens (tertiary/aromatic N) is 1. The van der Waals surface area contributed by atoms with Crippen molar-refractivity contribution >= 4 is 48.9 Å². The average molecular weight is 573 g/mol. The van der Waals surface area contributed by atoms with Crippen LogP contribution >= 0.6 is 11.3 Å². The smallest absolute Gasteiger partial charge is 0.262 e. The van der Waals surface area contributed by atoms with Crippen LogP contribution in [0.25, 0.3) is 10.1 Å². The molecule has 2 aromatic carbocycles. The van der Waals surface area contributed by atoms with Crippen LogP contribution in [-0.4, -0.2) is 61.9 Å². The lowest BCUT2D eigenvalue weighted by Gasteiger charge is -2.27. The first-order valence-corrected chi connectivity index (χ1v) is 15.5. The molecule has 3 aromatic rings. The molecule has 5 N–H and O–H groups in total. The molecule has 39 heavy (non-hydrogen) atoms. The topological polar surface area (TPSA) is 142 Å². The van der Waals surface area contributed by atoms with E-state index in [4.69, 9.17) is 5.73 Å². The van der Waals surface area contributed by atoms with Crippen LogP contribution in [0.3, 0.4) is 0 Å². The Morgan fingerprint density at radius 1 is 1.10 bits per heavy atom. The second-order valence-corrected chi connectivity index (χ2v) is 13.2. The number of sulfonamides is 1. The van der Waals surface area contributed by atoms with Gasteiger partial charge in [-0.2, -0.15) is 4.31 Å². The monoisotopic (exact) mass is 572 g/mol. The Morgan fingerprint density at radius 3 is 2.51 bits per heavy atom. The summed E-state index contributed by atoms with van der Waals surface area (Å²) in [6.07, 6.45) is 4.77. The molecule has 2 atom stereocenters. The number of hydrogen-bond acceptors (Lipinski definition) is 7. The summed E-state index contributed by atoms with van der Waals surface area (Å²) in [5.41, 5.74) is 5.95. The Kier molecular flexibility index (Phi) is 9.60. The van der Waals surface area contributed by atoms with Gasteiger partial charge in [-0.1, -0.05) is 62.4 Å². The van der Waals surface area contributed by atoms with Crippen LogP contribution in [0.15, 0.2) is 59.5 Å². The quantitative estimate of drug-likeness (QED) is 0.260. The third-order valence-corrected chi connectivity index (χ3v) is 10.2. The molecule has 1 heterocycles. The number of para-hydroxylation sites is 1. The van der Waals surface area contributed by atoms with E-state index in [1.807, 2.05) is 30.3 Å². The summed E-state index contributed by atoms with van der Waals surface area (Å²) in [5, 5.41) is 17.2. The van der Waals surface area contributed by atoms with E-state index in [9.17, 15) is 23.1 Å². The number of nitrogens with one attached hydrogen (secondary N) is 2. The van der Waals surface area contributed by atoms with Gasteiger partial charge in [0.05, 0.1) is 16.7 Å².